The summed E-state index contributed by atoms with van der Waals surface area (Å²) in [5, 5.41) is 5.26. The van der Waals surface area contributed by atoms with Crippen molar-refractivity contribution < 1.29 is 4.79 Å². The molecule has 0 aliphatic carbocycles. The van der Waals surface area contributed by atoms with Crippen molar-refractivity contribution in [2.24, 2.45) is 0 Å². The molecule has 0 radical (unpaired) electrons. The Morgan fingerprint density at radius 1 is 1.44 bits per heavy atom. The van der Waals surface area contributed by atoms with Gasteiger partial charge < -0.3 is 5.32 Å². The molecule has 3 nitrogen and oxygen atoms in total. The first-order chi connectivity index (χ1) is 8.75. The van der Waals surface area contributed by atoms with E-state index in [4.69, 9.17) is 0 Å². The summed E-state index contributed by atoms with van der Waals surface area (Å²) in [6, 6.07) is 7.70. The van der Waals surface area contributed by atoms with Gasteiger partial charge in [-0.05, 0) is 30.5 Å². The molecule has 0 aliphatic rings. The summed E-state index contributed by atoms with van der Waals surface area (Å²) in [7, 11) is 0. The van der Waals surface area contributed by atoms with Crippen LogP contribution in [0.25, 0.3) is 0 Å². The highest BCUT2D eigenvalue weighted by Crippen LogP contribution is 2.31. The van der Waals surface area contributed by atoms with Crippen LogP contribution in [0.15, 0.2) is 42.0 Å². The molecule has 0 fully saturated rings. The molecule has 2 heterocycles. The topological polar surface area (TPSA) is 42.0 Å². The molecule has 0 aromatic carbocycles. The molecule has 5 heteroatoms. The number of carbonyl (C=O) groups is 1. The van der Waals surface area contributed by atoms with Crippen LogP contribution in [0.4, 0.5) is 5.69 Å². The van der Waals surface area contributed by atoms with Gasteiger partial charge >= 0.3 is 0 Å². The van der Waals surface area contributed by atoms with Crippen LogP contribution in [0.2, 0.25) is 0 Å². The van der Waals surface area contributed by atoms with Gasteiger partial charge in [0.25, 0.3) is 0 Å². The molecule has 0 saturated heterocycles. The summed E-state index contributed by atoms with van der Waals surface area (Å²) < 4.78 is 0. The maximum absolute atomic E-state index is 11.7. The number of nitrogens with one attached hydrogen (secondary N) is 1. The van der Waals surface area contributed by atoms with Gasteiger partial charge in [-0.2, -0.15) is 0 Å². The quantitative estimate of drug-likeness (QED) is 0.909. The number of rotatable bonds is 5. The minimum absolute atomic E-state index is 0.0228. The van der Waals surface area contributed by atoms with Gasteiger partial charge in [0, 0.05) is 28.2 Å². The third-order valence-corrected chi connectivity index (χ3v) is 4.76. The van der Waals surface area contributed by atoms with E-state index in [1.165, 1.54) is 4.88 Å². The summed E-state index contributed by atoms with van der Waals surface area (Å²) in [5.74, 6) is 0.482. The summed E-state index contributed by atoms with van der Waals surface area (Å²) in [4.78, 5) is 16.9. The lowest BCUT2D eigenvalue weighted by Gasteiger charge is -2.09. The maximum atomic E-state index is 11.7. The van der Waals surface area contributed by atoms with Crippen LogP contribution in [-0.4, -0.2) is 16.6 Å². The molecule has 1 atom stereocenters. The van der Waals surface area contributed by atoms with Crippen LogP contribution in [-0.2, 0) is 4.79 Å². The van der Waals surface area contributed by atoms with E-state index in [2.05, 4.69) is 28.7 Å². The zero-order valence-corrected chi connectivity index (χ0v) is 11.6. The average Bonchev–Trinajstić information content (AvgIpc) is 2.91. The molecule has 0 bridgehead atoms. The van der Waals surface area contributed by atoms with Crippen molar-refractivity contribution in [2.75, 3.05) is 11.1 Å². The van der Waals surface area contributed by atoms with E-state index in [1.54, 1.807) is 47.6 Å². The summed E-state index contributed by atoms with van der Waals surface area (Å²) in [5.41, 5.74) is 0.791. The van der Waals surface area contributed by atoms with Crippen LogP contribution in [0.1, 0.15) is 17.1 Å². The highest BCUT2D eigenvalue weighted by molar-refractivity contribution is 8.00. The molecule has 18 heavy (non-hydrogen) atoms. The largest absolute Gasteiger partial charge is 0.325 e. The smallest absolute Gasteiger partial charge is 0.234 e. The Bertz CT molecular complexity index is 485. The first-order valence-electron chi connectivity index (χ1n) is 5.60. The van der Waals surface area contributed by atoms with E-state index in [0.29, 0.717) is 11.0 Å². The zero-order chi connectivity index (χ0) is 12.8. The van der Waals surface area contributed by atoms with Gasteiger partial charge in [-0.3, -0.25) is 9.78 Å². The number of amides is 1. The molecule has 2 rings (SSSR count). The normalized spacial score (nSPS) is 12.1. The van der Waals surface area contributed by atoms with E-state index in [9.17, 15) is 4.79 Å². The highest BCUT2D eigenvalue weighted by Gasteiger charge is 2.10. The minimum Gasteiger partial charge on any atom is -0.325 e. The second-order valence-corrected chi connectivity index (χ2v) is 6.06. The molecule has 0 aliphatic heterocycles. The first kappa shape index (κ1) is 13.1. The highest BCUT2D eigenvalue weighted by atomic mass is 32.2. The minimum atomic E-state index is 0.0228. The Hall–Kier alpha value is -1.33. The predicted octanol–water partition coefficient (Wildman–Crippen LogP) is 3.58. The molecular formula is C13H14N2OS2. The fraction of sp³-hybridized carbons (Fsp3) is 0.231. The number of thiophene rings is 1. The zero-order valence-electron chi connectivity index (χ0n) is 10.00. The van der Waals surface area contributed by atoms with Crippen molar-refractivity contribution in [1.29, 1.82) is 0 Å². The average molecular weight is 278 g/mol. The Morgan fingerprint density at radius 2 is 2.22 bits per heavy atom. The van der Waals surface area contributed by atoms with Crippen LogP contribution in [0.5, 0.6) is 0 Å². The number of hydrogen-bond donors (Lipinski definition) is 1. The Labute approximate surface area is 115 Å². The summed E-state index contributed by atoms with van der Waals surface area (Å²) in [6.45, 7) is 2.12. The monoisotopic (exact) mass is 278 g/mol. The fourth-order valence-electron chi connectivity index (χ4n) is 1.44. The van der Waals surface area contributed by atoms with Crippen LogP contribution < -0.4 is 5.32 Å². The lowest BCUT2D eigenvalue weighted by atomic mass is 10.4. The standard InChI is InChI=1S/C13H14N2OS2/c1-10(12-3-2-8-17-12)18-9-13(16)15-11-4-6-14-7-5-11/h2-8,10H,9H2,1H3,(H,14,15,16). The van der Waals surface area contributed by atoms with Gasteiger partial charge in [0.2, 0.25) is 5.91 Å². The summed E-state index contributed by atoms with van der Waals surface area (Å²) >= 11 is 3.37. The number of hydrogen-bond acceptors (Lipinski definition) is 4. The van der Waals surface area contributed by atoms with Crippen molar-refractivity contribution in [2.45, 2.75) is 12.2 Å². The fourth-order valence-corrected chi connectivity index (χ4v) is 3.19. The molecule has 0 spiro atoms. The van der Waals surface area contributed by atoms with Crippen molar-refractivity contribution in [3.05, 3.63) is 46.9 Å². The van der Waals surface area contributed by atoms with Gasteiger partial charge in [-0.1, -0.05) is 6.07 Å². The number of anilines is 1. The second kappa shape index (κ2) is 6.56. The Balaban J connectivity index is 1.79. The van der Waals surface area contributed by atoms with E-state index < -0.39 is 0 Å². The maximum Gasteiger partial charge on any atom is 0.234 e. The molecule has 0 saturated carbocycles. The van der Waals surface area contributed by atoms with E-state index >= 15 is 0 Å². The molecule has 2 aromatic heterocycles. The van der Waals surface area contributed by atoms with Gasteiger partial charge in [0.15, 0.2) is 0 Å². The molecular weight excluding hydrogens is 264 g/mol. The van der Waals surface area contributed by atoms with Gasteiger partial charge in [0.05, 0.1) is 5.75 Å². The first-order valence-corrected chi connectivity index (χ1v) is 7.53. The SMILES string of the molecule is CC(SCC(=O)Nc1ccncc1)c1cccs1. The number of aromatic nitrogens is 1. The van der Waals surface area contributed by atoms with E-state index in [-0.39, 0.29) is 5.91 Å². The predicted molar refractivity (Wildman–Crippen MR) is 78.1 cm³/mol. The molecule has 1 unspecified atom stereocenters. The van der Waals surface area contributed by atoms with E-state index in [0.717, 1.165) is 5.69 Å². The number of nitrogens with zero attached hydrogens (tertiary/aromatic N) is 1. The second-order valence-electron chi connectivity index (χ2n) is 3.75. The van der Waals surface area contributed by atoms with Gasteiger partial charge in [0.1, 0.15) is 0 Å². The van der Waals surface area contributed by atoms with Gasteiger partial charge in [-0.15, -0.1) is 23.1 Å². The Kier molecular flexibility index (Phi) is 4.78. The Morgan fingerprint density at radius 3 is 2.89 bits per heavy atom. The number of thioether (sulfide) groups is 1. The lowest BCUT2D eigenvalue weighted by molar-refractivity contribution is -0.113. The number of pyridine rings is 1. The van der Waals surface area contributed by atoms with Crippen molar-refractivity contribution >= 4 is 34.7 Å². The summed E-state index contributed by atoms with van der Waals surface area (Å²) in [6.07, 6.45) is 3.33. The van der Waals surface area contributed by atoms with Crippen molar-refractivity contribution in [1.82, 2.24) is 4.98 Å². The van der Waals surface area contributed by atoms with Crippen LogP contribution in [0, 0.1) is 0 Å². The van der Waals surface area contributed by atoms with E-state index in [1.807, 2.05) is 6.07 Å². The van der Waals surface area contributed by atoms with Crippen molar-refractivity contribution in [3.8, 4) is 0 Å². The van der Waals surface area contributed by atoms with Gasteiger partial charge in [-0.25, -0.2) is 0 Å². The number of carbonyl (C=O) groups excluding carboxylic acids is 1. The molecule has 2 aromatic rings. The third-order valence-electron chi connectivity index (χ3n) is 2.37. The third kappa shape index (κ3) is 3.85. The lowest BCUT2D eigenvalue weighted by Crippen LogP contribution is -2.14. The van der Waals surface area contributed by atoms with Crippen LogP contribution >= 0.6 is 23.1 Å². The van der Waals surface area contributed by atoms with Crippen molar-refractivity contribution in [3.63, 3.8) is 0 Å². The molecule has 1 N–H and O–H groups in total. The molecule has 1 amide bonds. The van der Waals surface area contributed by atoms with Crippen LogP contribution in [0.3, 0.4) is 0 Å². The molecule has 94 valence electrons.